The second-order valence-electron chi connectivity index (χ2n) is 5.29. The number of terminal acetylenes is 1. The fraction of sp³-hybridized carbons (Fsp3) is 0.111. The molecule has 1 N–H and O–H groups in total. The number of hydrogen-bond acceptors (Lipinski definition) is 7. The lowest BCUT2D eigenvalue weighted by Crippen LogP contribution is -2.19. The molecule has 0 saturated carbocycles. The minimum absolute atomic E-state index is 0.0240. The second-order valence-corrected chi connectivity index (χ2v) is 5.65. The molecule has 0 saturated heterocycles. The number of imidazole rings is 1. The highest BCUT2D eigenvalue weighted by molar-refractivity contribution is 6.31. The van der Waals surface area contributed by atoms with E-state index in [0.29, 0.717) is 5.82 Å². The Bertz CT molecular complexity index is 1060. The Kier molecular flexibility index (Phi) is 5.62. The lowest BCUT2D eigenvalue weighted by molar-refractivity contribution is 0.0521. The normalized spacial score (nSPS) is 10.2. The zero-order chi connectivity index (χ0) is 20.1. The van der Waals surface area contributed by atoms with Crippen LogP contribution in [0.1, 0.15) is 33.5 Å². The smallest absolute Gasteiger partial charge is 0.359 e. The predicted molar refractivity (Wildman–Crippen MR) is 100 cm³/mol. The number of anilines is 1. The molecule has 3 heterocycles. The first-order valence-corrected chi connectivity index (χ1v) is 8.39. The van der Waals surface area contributed by atoms with Gasteiger partial charge in [0.2, 0.25) is 0 Å². The van der Waals surface area contributed by atoms with Crippen molar-refractivity contribution < 1.29 is 14.3 Å². The summed E-state index contributed by atoms with van der Waals surface area (Å²) in [6.45, 7) is 1.77. The number of hydrogen-bond donors (Lipinski definition) is 1. The average molecular weight is 397 g/mol. The molecule has 0 aliphatic heterocycles. The summed E-state index contributed by atoms with van der Waals surface area (Å²) in [5.74, 6) is 1.47. The van der Waals surface area contributed by atoms with Crippen molar-refractivity contribution in [3.05, 3.63) is 59.0 Å². The first kappa shape index (κ1) is 19.0. The molecule has 0 aromatic carbocycles. The maximum Gasteiger partial charge on any atom is 0.359 e. The van der Waals surface area contributed by atoms with Crippen LogP contribution in [0.4, 0.5) is 5.69 Å². The van der Waals surface area contributed by atoms with Gasteiger partial charge in [0.15, 0.2) is 17.2 Å². The van der Waals surface area contributed by atoms with Crippen molar-refractivity contribution in [1.29, 1.82) is 0 Å². The molecule has 0 bridgehead atoms. The van der Waals surface area contributed by atoms with Gasteiger partial charge in [-0.15, -0.1) is 16.6 Å². The third-order valence-corrected chi connectivity index (χ3v) is 3.79. The number of aromatic nitrogens is 5. The molecule has 10 heteroatoms. The van der Waals surface area contributed by atoms with E-state index in [9.17, 15) is 9.59 Å². The van der Waals surface area contributed by atoms with Crippen LogP contribution in [0.5, 0.6) is 0 Å². The molecular formula is C18H13ClN6O3. The van der Waals surface area contributed by atoms with Gasteiger partial charge in [-0.2, -0.15) is 0 Å². The van der Waals surface area contributed by atoms with Crippen LogP contribution < -0.4 is 5.32 Å². The summed E-state index contributed by atoms with van der Waals surface area (Å²) in [7, 11) is 0. The summed E-state index contributed by atoms with van der Waals surface area (Å²) in [6, 6.07) is 4.45. The van der Waals surface area contributed by atoms with Crippen LogP contribution in [0, 0.1) is 12.3 Å². The summed E-state index contributed by atoms with van der Waals surface area (Å²) in [5.41, 5.74) is 0.130. The summed E-state index contributed by atoms with van der Waals surface area (Å²) >= 11 is 5.96. The quantitative estimate of drug-likeness (QED) is 0.399. The molecule has 9 nitrogen and oxygen atoms in total. The molecule has 3 aromatic heterocycles. The molecule has 0 spiro atoms. The topological polar surface area (TPSA) is 112 Å². The Morgan fingerprint density at radius 3 is 2.79 bits per heavy atom. The maximum absolute atomic E-state index is 12.5. The molecule has 0 unspecified atom stereocenters. The van der Waals surface area contributed by atoms with Gasteiger partial charge in [0, 0.05) is 12.4 Å². The Hall–Kier alpha value is -3.77. The number of halogens is 1. The van der Waals surface area contributed by atoms with Crippen molar-refractivity contribution in [3.63, 3.8) is 0 Å². The Morgan fingerprint density at radius 2 is 2.18 bits per heavy atom. The van der Waals surface area contributed by atoms with Crippen molar-refractivity contribution in [3.8, 4) is 18.2 Å². The van der Waals surface area contributed by atoms with E-state index >= 15 is 0 Å². The summed E-state index contributed by atoms with van der Waals surface area (Å²) in [5, 5.41) is 10.4. The highest BCUT2D eigenvalue weighted by Crippen LogP contribution is 2.23. The number of carbonyl (C=O) groups excluding carboxylic acids is 2. The molecule has 3 aromatic rings. The van der Waals surface area contributed by atoms with E-state index in [-0.39, 0.29) is 34.4 Å². The third kappa shape index (κ3) is 3.97. The van der Waals surface area contributed by atoms with Crippen LogP contribution in [-0.4, -0.2) is 43.2 Å². The van der Waals surface area contributed by atoms with Gasteiger partial charge in [-0.25, -0.2) is 14.8 Å². The number of rotatable bonds is 5. The van der Waals surface area contributed by atoms with E-state index in [2.05, 4.69) is 31.4 Å². The van der Waals surface area contributed by atoms with Gasteiger partial charge in [-0.05, 0) is 25.1 Å². The molecule has 0 radical (unpaired) electrons. The Labute approximate surface area is 164 Å². The summed E-state index contributed by atoms with van der Waals surface area (Å²) in [6.07, 6.45) is 10.2. The SMILES string of the molecule is C#Cc1cc(NC(=O)c2ccc(-n3ccnc3)nn2)c(C(=O)OCC)nc1Cl. The lowest BCUT2D eigenvalue weighted by atomic mass is 10.2. The number of esters is 1. The van der Waals surface area contributed by atoms with Gasteiger partial charge >= 0.3 is 5.97 Å². The van der Waals surface area contributed by atoms with Crippen LogP contribution in [0.25, 0.3) is 5.82 Å². The molecule has 140 valence electrons. The van der Waals surface area contributed by atoms with E-state index in [1.165, 1.54) is 12.1 Å². The molecule has 0 atom stereocenters. The molecule has 3 rings (SSSR count). The minimum atomic E-state index is -0.746. The number of ether oxygens (including phenoxy) is 1. The molecule has 0 aliphatic rings. The third-order valence-electron chi connectivity index (χ3n) is 3.50. The molecule has 0 fully saturated rings. The van der Waals surface area contributed by atoms with Crippen molar-refractivity contribution in [2.24, 2.45) is 0 Å². The fourth-order valence-electron chi connectivity index (χ4n) is 2.21. The molecule has 28 heavy (non-hydrogen) atoms. The van der Waals surface area contributed by atoms with E-state index in [1.54, 1.807) is 36.3 Å². The molecular weight excluding hydrogens is 384 g/mol. The van der Waals surface area contributed by atoms with Crippen molar-refractivity contribution in [2.75, 3.05) is 11.9 Å². The molecule has 1 amide bonds. The van der Waals surface area contributed by atoms with Crippen molar-refractivity contribution >= 4 is 29.2 Å². The standard InChI is InChI=1S/C18H13ClN6O3/c1-3-11-9-13(15(22-16(11)19)18(27)28-4-2)21-17(26)12-5-6-14(24-23-12)25-8-7-20-10-25/h1,5-10H,4H2,2H3,(H,21,26). The zero-order valence-corrected chi connectivity index (χ0v) is 15.3. The summed E-state index contributed by atoms with van der Waals surface area (Å²) < 4.78 is 6.58. The number of amides is 1. The van der Waals surface area contributed by atoms with Gasteiger partial charge in [-0.1, -0.05) is 17.5 Å². The minimum Gasteiger partial charge on any atom is -0.461 e. The average Bonchev–Trinajstić information content (AvgIpc) is 3.24. The maximum atomic E-state index is 12.5. The van der Waals surface area contributed by atoms with Gasteiger partial charge in [0.25, 0.3) is 5.91 Å². The second kappa shape index (κ2) is 8.28. The van der Waals surface area contributed by atoms with Crippen LogP contribution in [0.3, 0.4) is 0 Å². The van der Waals surface area contributed by atoms with Crippen molar-refractivity contribution in [2.45, 2.75) is 6.92 Å². The predicted octanol–water partition coefficient (Wildman–Crippen LogP) is 2.12. The van der Waals surface area contributed by atoms with Crippen LogP contribution in [0.15, 0.2) is 36.9 Å². The Morgan fingerprint density at radius 1 is 1.36 bits per heavy atom. The largest absolute Gasteiger partial charge is 0.461 e. The van der Waals surface area contributed by atoms with Gasteiger partial charge in [0.1, 0.15) is 11.5 Å². The first-order valence-electron chi connectivity index (χ1n) is 8.01. The van der Waals surface area contributed by atoms with Crippen LogP contribution in [0.2, 0.25) is 5.15 Å². The monoisotopic (exact) mass is 396 g/mol. The van der Waals surface area contributed by atoms with E-state index in [0.717, 1.165) is 0 Å². The van der Waals surface area contributed by atoms with E-state index in [4.69, 9.17) is 22.8 Å². The number of nitrogens with one attached hydrogen (secondary N) is 1. The van der Waals surface area contributed by atoms with Gasteiger partial charge in [-0.3, -0.25) is 9.36 Å². The Balaban J connectivity index is 1.88. The lowest BCUT2D eigenvalue weighted by Gasteiger charge is -2.11. The highest BCUT2D eigenvalue weighted by atomic mass is 35.5. The molecule has 0 aliphatic carbocycles. The number of pyridine rings is 1. The number of nitrogens with zero attached hydrogens (tertiary/aromatic N) is 5. The van der Waals surface area contributed by atoms with Gasteiger partial charge < -0.3 is 10.1 Å². The summed E-state index contributed by atoms with van der Waals surface area (Å²) in [4.78, 5) is 32.5. The first-order chi connectivity index (χ1) is 13.5. The van der Waals surface area contributed by atoms with E-state index < -0.39 is 11.9 Å². The highest BCUT2D eigenvalue weighted by Gasteiger charge is 2.20. The van der Waals surface area contributed by atoms with Crippen molar-refractivity contribution in [1.82, 2.24) is 24.7 Å². The van der Waals surface area contributed by atoms with E-state index in [1.807, 2.05) is 0 Å². The van der Waals surface area contributed by atoms with Crippen LogP contribution in [-0.2, 0) is 4.74 Å². The van der Waals surface area contributed by atoms with Gasteiger partial charge in [0.05, 0.1) is 17.9 Å². The number of carbonyl (C=O) groups is 2. The zero-order valence-electron chi connectivity index (χ0n) is 14.6. The fourth-order valence-corrected chi connectivity index (χ4v) is 2.40. The van der Waals surface area contributed by atoms with Crippen LogP contribution >= 0.6 is 11.6 Å².